The molecule has 0 radical (unpaired) electrons. The number of hydrogen-bond donors (Lipinski definition) is 3. The Kier molecular flexibility index (Phi) is 6.99. The monoisotopic (exact) mass is 543 g/mol. The van der Waals surface area contributed by atoms with E-state index in [-0.39, 0.29) is 17.6 Å². The van der Waals surface area contributed by atoms with Crippen LogP contribution >= 0.6 is 0 Å². The number of nitrogens with one attached hydrogen (secondary N) is 3. The Balaban J connectivity index is 1.14. The van der Waals surface area contributed by atoms with E-state index in [0.29, 0.717) is 73.0 Å². The van der Waals surface area contributed by atoms with Crippen molar-refractivity contribution in [2.24, 2.45) is 0 Å². The maximum absolute atomic E-state index is 13.7. The first-order valence-corrected chi connectivity index (χ1v) is 13.6. The van der Waals surface area contributed by atoms with Crippen LogP contribution in [0.1, 0.15) is 50.7 Å². The number of ether oxygens (including phenoxy) is 1. The topological polar surface area (TPSA) is 123 Å². The van der Waals surface area contributed by atoms with Crippen LogP contribution in [-0.2, 0) is 4.74 Å². The fraction of sp³-hybridized carbons (Fsp3) is 0.379. The number of hydrazine groups is 1. The number of urea groups is 1. The molecular weight excluding hydrogens is 510 g/mol. The van der Waals surface area contributed by atoms with Crippen molar-refractivity contribution in [1.82, 2.24) is 25.5 Å². The minimum Gasteiger partial charge on any atom is -0.379 e. The summed E-state index contributed by atoms with van der Waals surface area (Å²) in [7, 11) is 3.94. The van der Waals surface area contributed by atoms with Crippen LogP contribution in [0.3, 0.4) is 0 Å². The summed E-state index contributed by atoms with van der Waals surface area (Å²) in [6.45, 7) is 3.52. The van der Waals surface area contributed by atoms with Crippen LogP contribution in [0.4, 0.5) is 16.2 Å². The van der Waals surface area contributed by atoms with E-state index >= 15 is 0 Å². The molecule has 1 aromatic heterocycles. The standard InChI is InChI=1S/C29H33N7O4/c1-34(2)20-8-6-19(7-9-20)28(38)35-12-10-18(11-13-35)25-24-26(32-31-25)21-4-3-5-22(23(21)27(24)37)30-29(39)33-36-14-16-40-17-15-36/h3-9,18H,10-17H2,1-2H3,(H,31,32)(H2,30,33,39). The zero-order valence-electron chi connectivity index (χ0n) is 22.7. The van der Waals surface area contributed by atoms with E-state index in [1.165, 1.54) is 0 Å². The number of H-pyrrole nitrogens is 1. The van der Waals surface area contributed by atoms with Gasteiger partial charge < -0.3 is 19.9 Å². The molecule has 0 saturated carbocycles. The van der Waals surface area contributed by atoms with E-state index < -0.39 is 6.03 Å². The number of aromatic amines is 1. The van der Waals surface area contributed by atoms with Crippen molar-refractivity contribution in [3.8, 4) is 11.3 Å². The second-order valence-electron chi connectivity index (χ2n) is 10.6. The van der Waals surface area contributed by atoms with Gasteiger partial charge in [-0.2, -0.15) is 5.10 Å². The lowest BCUT2D eigenvalue weighted by molar-refractivity contribution is 0.0207. The van der Waals surface area contributed by atoms with Crippen molar-refractivity contribution in [2.45, 2.75) is 18.8 Å². The largest absolute Gasteiger partial charge is 0.379 e. The minimum atomic E-state index is -0.400. The highest BCUT2D eigenvalue weighted by Crippen LogP contribution is 2.43. The number of ketones is 1. The number of benzene rings is 2. The molecule has 2 saturated heterocycles. The number of likely N-dealkylation sites (tertiary alicyclic amines) is 1. The number of anilines is 2. The van der Waals surface area contributed by atoms with Crippen LogP contribution in [0.15, 0.2) is 42.5 Å². The smallest absolute Gasteiger partial charge is 0.333 e. The molecule has 11 nitrogen and oxygen atoms in total. The zero-order chi connectivity index (χ0) is 27.8. The number of amides is 3. The molecular formula is C29H33N7O4. The van der Waals surface area contributed by atoms with E-state index in [0.717, 1.165) is 24.2 Å². The average molecular weight is 544 g/mol. The van der Waals surface area contributed by atoms with Gasteiger partial charge in [-0.3, -0.25) is 20.1 Å². The van der Waals surface area contributed by atoms with Crippen LogP contribution in [0, 0.1) is 0 Å². The van der Waals surface area contributed by atoms with E-state index in [2.05, 4.69) is 20.9 Å². The molecule has 0 bridgehead atoms. The van der Waals surface area contributed by atoms with Gasteiger partial charge in [0.2, 0.25) is 0 Å². The molecule has 40 heavy (non-hydrogen) atoms. The quantitative estimate of drug-likeness (QED) is 0.354. The molecule has 3 aromatic rings. The summed E-state index contributed by atoms with van der Waals surface area (Å²) in [6.07, 6.45) is 1.46. The van der Waals surface area contributed by atoms with Gasteiger partial charge in [-0.15, -0.1) is 0 Å². The molecule has 1 aliphatic carbocycles. The van der Waals surface area contributed by atoms with Gasteiger partial charge >= 0.3 is 6.03 Å². The number of rotatable bonds is 5. The molecule has 2 aromatic carbocycles. The van der Waals surface area contributed by atoms with Gasteiger partial charge in [0.1, 0.15) is 5.69 Å². The number of carbonyl (C=O) groups excluding carboxylic acids is 3. The SMILES string of the molecule is CN(C)c1ccc(C(=O)N2CCC(c3[nH]nc4c3C(=O)c3c(NC(=O)NN5CCOCC5)cccc3-4)CC2)cc1. The maximum Gasteiger partial charge on any atom is 0.333 e. The Morgan fingerprint density at radius 3 is 2.42 bits per heavy atom. The molecule has 3 heterocycles. The minimum absolute atomic E-state index is 0.0214. The first kappa shape index (κ1) is 26.0. The van der Waals surface area contributed by atoms with E-state index in [1.807, 2.05) is 60.3 Å². The van der Waals surface area contributed by atoms with Crippen molar-refractivity contribution in [2.75, 3.05) is 63.7 Å². The molecule has 11 heteroatoms. The molecule has 0 atom stereocenters. The number of piperidine rings is 1. The molecule has 0 spiro atoms. The second kappa shape index (κ2) is 10.7. The molecule has 2 fully saturated rings. The zero-order valence-corrected chi connectivity index (χ0v) is 22.7. The van der Waals surface area contributed by atoms with Gasteiger partial charge in [-0.25, -0.2) is 9.80 Å². The Hall–Kier alpha value is -4.22. The van der Waals surface area contributed by atoms with Gasteiger partial charge in [-0.1, -0.05) is 12.1 Å². The van der Waals surface area contributed by atoms with Crippen LogP contribution < -0.4 is 15.6 Å². The van der Waals surface area contributed by atoms with Crippen molar-refractivity contribution in [1.29, 1.82) is 0 Å². The van der Waals surface area contributed by atoms with Crippen molar-refractivity contribution >= 4 is 29.1 Å². The Morgan fingerprint density at radius 2 is 1.73 bits per heavy atom. The highest BCUT2D eigenvalue weighted by atomic mass is 16.5. The van der Waals surface area contributed by atoms with Crippen molar-refractivity contribution in [3.63, 3.8) is 0 Å². The van der Waals surface area contributed by atoms with E-state index in [4.69, 9.17) is 4.74 Å². The predicted molar refractivity (Wildman–Crippen MR) is 151 cm³/mol. The Labute approximate surface area is 232 Å². The van der Waals surface area contributed by atoms with Gasteiger partial charge in [0.15, 0.2) is 5.78 Å². The van der Waals surface area contributed by atoms with Gasteiger partial charge in [0, 0.05) is 63.0 Å². The predicted octanol–water partition coefficient (Wildman–Crippen LogP) is 3.08. The number of aromatic nitrogens is 2. The highest BCUT2D eigenvalue weighted by Gasteiger charge is 2.38. The lowest BCUT2D eigenvalue weighted by Crippen LogP contribution is -2.49. The molecule has 208 valence electrons. The summed E-state index contributed by atoms with van der Waals surface area (Å²) in [6, 6.07) is 12.6. The molecule has 3 aliphatic rings. The van der Waals surface area contributed by atoms with E-state index in [1.54, 1.807) is 11.1 Å². The number of fused-ring (bicyclic) bond motifs is 3. The van der Waals surface area contributed by atoms with Crippen LogP contribution in [0.25, 0.3) is 11.3 Å². The lowest BCUT2D eigenvalue weighted by atomic mass is 9.90. The van der Waals surface area contributed by atoms with Crippen molar-refractivity contribution in [3.05, 3.63) is 64.8 Å². The van der Waals surface area contributed by atoms with Gasteiger partial charge in [0.05, 0.1) is 35.7 Å². The van der Waals surface area contributed by atoms with E-state index in [9.17, 15) is 14.4 Å². The third-order valence-electron chi connectivity index (χ3n) is 7.91. The molecule has 2 aliphatic heterocycles. The normalized spacial score (nSPS) is 17.4. The summed E-state index contributed by atoms with van der Waals surface area (Å²) in [5, 5.41) is 12.3. The lowest BCUT2D eigenvalue weighted by Gasteiger charge is -2.32. The highest BCUT2D eigenvalue weighted by molar-refractivity contribution is 6.25. The molecule has 3 amide bonds. The number of morpholine rings is 1. The maximum atomic E-state index is 13.7. The number of hydrogen-bond acceptors (Lipinski definition) is 7. The summed E-state index contributed by atoms with van der Waals surface area (Å²) in [5.41, 5.74) is 8.16. The fourth-order valence-corrected chi connectivity index (χ4v) is 5.72. The number of carbonyl (C=O) groups is 3. The summed E-state index contributed by atoms with van der Waals surface area (Å²) in [4.78, 5) is 43.4. The molecule has 6 rings (SSSR count). The Morgan fingerprint density at radius 1 is 1.00 bits per heavy atom. The second-order valence-corrected chi connectivity index (χ2v) is 10.6. The summed E-state index contributed by atoms with van der Waals surface area (Å²) < 4.78 is 5.32. The first-order valence-electron chi connectivity index (χ1n) is 13.6. The summed E-state index contributed by atoms with van der Waals surface area (Å²) >= 11 is 0. The van der Waals surface area contributed by atoms with Crippen LogP contribution in [0.2, 0.25) is 0 Å². The fourth-order valence-electron chi connectivity index (χ4n) is 5.72. The number of nitrogens with zero attached hydrogens (tertiary/aromatic N) is 4. The van der Waals surface area contributed by atoms with Crippen LogP contribution in [-0.4, -0.2) is 91.3 Å². The molecule has 3 N–H and O–H groups in total. The van der Waals surface area contributed by atoms with Crippen molar-refractivity contribution < 1.29 is 19.1 Å². The Bertz CT molecular complexity index is 1440. The van der Waals surface area contributed by atoms with Gasteiger partial charge in [0.25, 0.3) is 5.91 Å². The summed E-state index contributed by atoms with van der Waals surface area (Å²) in [5.74, 6) is -0.0423. The molecule has 0 unspecified atom stereocenters. The average Bonchev–Trinajstić information content (AvgIpc) is 3.53. The third-order valence-corrected chi connectivity index (χ3v) is 7.91. The van der Waals surface area contributed by atoms with Gasteiger partial charge in [-0.05, 0) is 43.2 Å². The first-order chi connectivity index (χ1) is 19.4. The van der Waals surface area contributed by atoms with Crippen LogP contribution in [0.5, 0.6) is 0 Å². The third kappa shape index (κ3) is 4.82.